The number of nitrogens with two attached hydrogens (primary N) is 1. The molecule has 0 radical (unpaired) electrons. The summed E-state index contributed by atoms with van der Waals surface area (Å²) in [6, 6.07) is -2.57. The van der Waals surface area contributed by atoms with Crippen LogP contribution in [0.4, 0.5) is 4.79 Å². The summed E-state index contributed by atoms with van der Waals surface area (Å²) in [6.45, 7) is 10.3. The monoisotopic (exact) mass is 560 g/mol. The Kier molecular flexibility index (Phi) is 9.15. The third kappa shape index (κ3) is 6.30. The normalized spacial score (nSPS) is 28.1. The highest BCUT2D eigenvalue weighted by Crippen LogP contribution is 2.65. The minimum atomic E-state index is -1.07. The summed E-state index contributed by atoms with van der Waals surface area (Å²) >= 11 is 0. The number of hydrogen-bond donors (Lipinski definition) is 3. The van der Waals surface area contributed by atoms with Gasteiger partial charge in [-0.05, 0) is 61.2 Å². The van der Waals surface area contributed by atoms with Gasteiger partial charge in [-0.25, -0.2) is 4.79 Å². The lowest BCUT2D eigenvalue weighted by Gasteiger charge is -2.37. The number of alkyl carbamates (subject to hydrolysis) is 1. The fourth-order valence-electron chi connectivity index (χ4n) is 7.03. The zero-order chi connectivity index (χ0) is 29.4. The standard InChI is InChI=1S/C30H48N4O6/c1-16(2)17(3)40-29(39)33-23(19-12-7-6-8-13-19)28(38)34-15-20-22(30(20,4)5)24(34)27(37)32-21(25(35)26(31)36)14-18-10-9-11-18/h16-24H,6-15H2,1-5H3,(H2,31,36)(H,32,37)(H,33,39)/t17?,20?,21?,22?,23-,24-/m0/s1. The maximum Gasteiger partial charge on any atom is 0.408 e. The molecule has 0 aromatic rings. The van der Waals surface area contributed by atoms with Gasteiger partial charge >= 0.3 is 6.09 Å². The van der Waals surface area contributed by atoms with E-state index in [-0.39, 0.29) is 47.0 Å². The average molecular weight is 561 g/mol. The van der Waals surface area contributed by atoms with Crippen LogP contribution in [0.5, 0.6) is 0 Å². The van der Waals surface area contributed by atoms with Crippen LogP contribution in [0.15, 0.2) is 0 Å². The van der Waals surface area contributed by atoms with E-state index in [9.17, 15) is 24.0 Å². The van der Waals surface area contributed by atoms with Gasteiger partial charge in [0.2, 0.25) is 17.6 Å². The van der Waals surface area contributed by atoms with Crippen molar-refractivity contribution in [2.24, 2.45) is 40.7 Å². The van der Waals surface area contributed by atoms with Crippen molar-refractivity contribution >= 4 is 29.6 Å². The Morgan fingerprint density at radius 2 is 1.60 bits per heavy atom. The molecule has 4 amide bonds. The molecule has 10 heteroatoms. The molecule has 4 aliphatic rings. The largest absolute Gasteiger partial charge is 0.446 e. The van der Waals surface area contributed by atoms with Crippen LogP contribution >= 0.6 is 0 Å². The molecule has 4 fully saturated rings. The van der Waals surface area contributed by atoms with E-state index in [1.165, 1.54) is 0 Å². The molecular weight excluding hydrogens is 512 g/mol. The molecule has 0 aromatic carbocycles. The maximum atomic E-state index is 14.2. The Bertz CT molecular complexity index is 1000. The lowest BCUT2D eigenvalue weighted by atomic mass is 9.80. The number of rotatable bonds is 11. The first-order valence-electron chi connectivity index (χ1n) is 15.2. The number of Topliss-reactive ketones (excluding diaryl/α,β-unsaturated/α-hetero) is 1. The number of likely N-dealkylation sites (tertiary alicyclic amines) is 1. The van der Waals surface area contributed by atoms with Crippen molar-refractivity contribution in [3.8, 4) is 0 Å². The van der Waals surface area contributed by atoms with Crippen LogP contribution in [-0.4, -0.2) is 65.3 Å². The molecule has 3 aliphatic carbocycles. The fraction of sp³-hybridized carbons (Fsp3) is 0.833. The summed E-state index contributed by atoms with van der Waals surface area (Å²) in [7, 11) is 0. The van der Waals surface area contributed by atoms with Gasteiger partial charge < -0.3 is 26.0 Å². The summed E-state index contributed by atoms with van der Waals surface area (Å²) < 4.78 is 5.56. The quantitative estimate of drug-likeness (QED) is 0.331. The Labute approximate surface area is 237 Å². The van der Waals surface area contributed by atoms with E-state index in [1.54, 1.807) is 4.90 Å². The highest BCUT2D eigenvalue weighted by Gasteiger charge is 2.69. The first kappa shape index (κ1) is 30.3. The molecule has 1 aliphatic heterocycles. The number of hydrogen-bond acceptors (Lipinski definition) is 6. The minimum absolute atomic E-state index is 0.0420. The summed E-state index contributed by atoms with van der Waals surface area (Å²) in [5.41, 5.74) is 5.19. The van der Waals surface area contributed by atoms with Gasteiger partial charge in [0.15, 0.2) is 0 Å². The topological polar surface area (TPSA) is 148 Å². The highest BCUT2D eigenvalue weighted by atomic mass is 16.6. The molecule has 4 unspecified atom stereocenters. The first-order chi connectivity index (χ1) is 18.8. The molecule has 0 bridgehead atoms. The number of piperidine rings is 1. The van der Waals surface area contributed by atoms with Crippen LogP contribution in [-0.2, 0) is 23.9 Å². The maximum absolute atomic E-state index is 14.2. The molecular formula is C30H48N4O6. The van der Waals surface area contributed by atoms with E-state index in [2.05, 4.69) is 24.5 Å². The minimum Gasteiger partial charge on any atom is -0.446 e. The Morgan fingerprint density at radius 1 is 0.950 bits per heavy atom. The van der Waals surface area contributed by atoms with Crippen molar-refractivity contribution in [2.75, 3.05) is 6.54 Å². The van der Waals surface area contributed by atoms with Crippen LogP contribution in [0.3, 0.4) is 0 Å². The molecule has 10 nitrogen and oxygen atoms in total. The lowest BCUT2D eigenvalue weighted by molar-refractivity contribution is -0.144. The van der Waals surface area contributed by atoms with Gasteiger partial charge in [-0.2, -0.15) is 0 Å². The number of nitrogens with one attached hydrogen (secondary N) is 2. The van der Waals surface area contributed by atoms with Gasteiger partial charge in [0.25, 0.3) is 5.91 Å². The average Bonchev–Trinajstić information content (AvgIpc) is 3.21. The number of primary amides is 1. The molecule has 0 aromatic heterocycles. The predicted octanol–water partition coefficient (Wildman–Crippen LogP) is 2.92. The number of carbonyl (C=O) groups is 5. The van der Waals surface area contributed by atoms with Crippen molar-refractivity contribution in [3.05, 3.63) is 0 Å². The van der Waals surface area contributed by atoms with Crippen LogP contribution < -0.4 is 16.4 Å². The molecule has 40 heavy (non-hydrogen) atoms. The number of ketones is 1. The number of carbonyl (C=O) groups excluding carboxylic acids is 5. The van der Waals surface area contributed by atoms with Crippen molar-refractivity contribution in [2.45, 2.75) is 117 Å². The SMILES string of the molecule is CC(C)C(C)OC(=O)N[C@H](C(=O)N1CC2C([C@H]1C(=O)NC(CC1CCC1)C(=O)C(N)=O)C2(C)C)C1CCCCC1. The van der Waals surface area contributed by atoms with E-state index in [1.807, 2.05) is 20.8 Å². The molecule has 224 valence electrons. The number of ether oxygens (including phenoxy) is 1. The van der Waals surface area contributed by atoms with Crippen molar-refractivity contribution in [1.82, 2.24) is 15.5 Å². The molecule has 1 saturated heterocycles. The van der Waals surface area contributed by atoms with Crippen molar-refractivity contribution in [1.29, 1.82) is 0 Å². The van der Waals surface area contributed by atoms with Crippen LogP contribution in [0.25, 0.3) is 0 Å². The fourth-order valence-corrected chi connectivity index (χ4v) is 7.03. The third-order valence-corrected chi connectivity index (χ3v) is 10.3. The number of amides is 4. The first-order valence-corrected chi connectivity index (χ1v) is 15.2. The Hall–Kier alpha value is -2.65. The lowest BCUT2D eigenvalue weighted by Crippen LogP contribution is -2.59. The Balaban J connectivity index is 1.54. The second-order valence-corrected chi connectivity index (χ2v) is 13.6. The van der Waals surface area contributed by atoms with Gasteiger partial charge in [0, 0.05) is 6.54 Å². The molecule has 6 atom stereocenters. The zero-order valence-corrected chi connectivity index (χ0v) is 24.7. The van der Waals surface area contributed by atoms with Gasteiger partial charge in [-0.3, -0.25) is 19.2 Å². The summed E-state index contributed by atoms with van der Waals surface area (Å²) in [5.74, 6) is -2.14. The van der Waals surface area contributed by atoms with Gasteiger partial charge in [-0.1, -0.05) is 66.2 Å². The predicted molar refractivity (Wildman–Crippen MR) is 149 cm³/mol. The number of fused-ring (bicyclic) bond motifs is 1. The molecule has 0 spiro atoms. The number of nitrogens with zero attached hydrogens (tertiary/aromatic N) is 1. The van der Waals surface area contributed by atoms with E-state index in [4.69, 9.17) is 10.5 Å². The highest BCUT2D eigenvalue weighted by molar-refractivity contribution is 6.37. The smallest absolute Gasteiger partial charge is 0.408 e. The second kappa shape index (κ2) is 12.1. The molecule has 1 heterocycles. The van der Waals surface area contributed by atoms with Gasteiger partial charge in [-0.15, -0.1) is 0 Å². The van der Waals surface area contributed by atoms with Crippen LogP contribution in [0.2, 0.25) is 0 Å². The van der Waals surface area contributed by atoms with E-state index >= 15 is 0 Å². The van der Waals surface area contributed by atoms with Crippen molar-refractivity contribution in [3.63, 3.8) is 0 Å². The van der Waals surface area contributed by atoms with E-state index in [0.29, 0.717) is 13.0 Å². The molecule has 4 N–H and O–H groups in total. The Morgan fingerprint density at radius 3 is 2.15 bits per heavy atom. The molecule has 4 rings (SSSR count). The summed E-state index contributed by atoms with van der Waals surface area (Å²) in [6.07, 6.45) is 7.09. The summed E-state index contributed by atoms with van der Waals surface area (Å²) in [4.78, 5) is 66.9. The van der Waals surface area contributed by atoms with Gasteiger partial charge in [0.05, 0.1) is 6.04 Å². The van der Waals surface area contributed by atoms with Gasteiger partial charge in [0.1, 0.15) is 18.2 Å². The van der Waals surface area contributed by atoms with E-state index in [0.717, 1.165) is 51.4 Å². The third-order valence-electron chi connectivity index (χ3n) is 10.3. The van der Waals surface area contributed by atoms with Crippen LogP contribution in [0.1, 0.15) is 92.4 Å². The zero-order valence-electron chi connectivity index (χ0n) is 24.7. The van der Waals surface area contributed by atoms with Crippen molar-refractivity contribution < 1.29 is 28.7 Å². The second-order valence-electron chi connectivity index (χ2n) is 13.6. The molecule has 3 saturated carbocycles. The summed E-state index contributed by atoms with van der Waals surface area (Å²) in [5, 5.41) is 5.70. The van der Waals surface area contributed by atoms with Crippen LogP contribution in [0, 0.1) is 35.0 Å². The van der Waals surface area contributed by atoms with E-state index < -0.39 is 41.8 Å².